The first kappa shape index (κ1) is 16.5. The van der Waals surface area contributed by atoms with Crippen molar-refractivity contribution in [1.82, 2.24) is 14.9 Å². The lowest BCUT2D eigenvalue weighted by Crippen LogP contribution is -2.37. The molecule has 5 rings (SSSR count). The van der Waals surface area contributed by atoms with Crippen LogP contribution < -0.4 is 4.90 Å². The van der Waals surface area contributed by atoms with Gasteiger partial charge in [-0.05, 0) is 49.0 Å². The van der Waals surface area contributed by atoms with Gasteiger partial charge in [0, 0.05) is 38.1 Å². The molecule has 1 unspecified atom stereocenters. The number of anilines is 1. The number of hydrogen-bond acceptors (Lipinski definition) is 4. The van der Waals surface area contributed by atoms with Crippen LogP contribution in [0.25, 0.3) is 5.57 Å². The third-order valence-electron chi connectivity index (χ3n) is 6.31. The van der Waals surface area contributed by atoms with Gasteiger partial charge in [0.2, 0.25) is 11.9 Å². The van der Waals surface area contributed by atoms with Gasteiger partial charge in [-0.25, -0.2) is 9.97 Å². The number of carbonyl (C=O) groups is 1. The monoisotopic (exact) mass is 360 g/mol. The summed E-state index contributed by atoms with van der Waals surface area (Å²) in [5.41, 5.74) is 4.69. The SMILES string of the molecule is Cc1ccnc(N2CCC3(CCN(CC4=CCc5ccccc54)C3=O)C2)n1. The van der Waals surface area contributed by atoms with Crippen LogP contribution in [-0.2, 0) is 11.2 Å². The number of nitrogens with zero attached hydrogens (tertiary/aromatic N) is 4. The molecule has 0 bridgehead atoms. The van der Waals surface area contributed by atoms with Gasteiger partial charge in [0.1, 0.15) is 0 Å². The van der Waals surface area contributed by atoms with E-state index in [-0.39, 0.29) is 5.41 Å². The number of allylic oxidation sites excluding steroid dienone is 1. The van der Waals surface area contributed by atoms with Gasteiger partial charge in [-0.1, -0.05) is 30.3 Å². The molecule has 2 aliphatic heterocycles. The first-order valence-corrected chi connectivity index (χ1v) is 9.76. The number of aryl methyl sites for hydroxylation is 1. The summed E-state index contributed by atoms with van der Waals surface area (Å²) in [5.74, 6) is 1.06. The van der Waals surface area contributed by atoms with Gasteiger partial charge in [0.15, 0.2) is 0 Å². The molecule has 1 atom stereocenters. The molecule has 0 N–H and O–H groups in total. The van der Waals surface area contributed by atoms with Crippen molar-refractivity contribution < 1.29 is 4.79 Å². The van der Waals surface area contributed by atoms with Crippen LogP contribution in [-0.4, -0.2) is 47.0 Å². The zero-order valence-electron chi connectivity index (χ0n) is 15.7. The highest BCUT2D eigenvalue weighted by Crippen LogP contribution is 2.42. The minimum atomic E-state index is -0.258. The Labute approximate surface area is 159 Å². The summed E-state index contributed by atoms with van der Waals surface area (Å²) in [6, 6.07) is 10.4. The fourth-order valence-electron chi connectivity index (χ4n) is 4.76. The largest absolute Gasteiger partial charge is 0.340 e. The highest BCUT2D eigenvalue weighted by molar-refractivity contribution is 5.88. The van der Waals surface area contributed by atoms with E-state index in [9.17, 15) is 4.79 Å². The van der Waals surface area contributed by atoms with Crippen molar-refractivity contribution in [2.24, 2.45) is 5.41 Å². The predicted octanol–water partition coefficient (Wildman–Crippen LogP) is 2.85. The minimum Gasteiger partial charge on any atom is -0.340 e. The van der Waals surface area contributed by atoms with E-state index < -0.39 is 0 Å². The lowest BCUT2D eigenvalue weighted by Gasteiger charge is -2.24. The fraction of sp³-hybridized carbons (Fsp3) is 0.409. The van der Waals surface area contributed by atoms with Crippen LogP contribution in [0.3, 0.4) is 0 Å². The molecular formula is C22H24N4O. The highest BCUT2D eigenvalue weighted by Gasteiger charge is 2.51. The van der Waals surface area contributed by atoms with Crippen LogP contribution in [0.2, 0.25) is 0 Å². The van der Waals surface area contributed by atoms with Crippen LogP contribution in [0, 0.1) is 12.3 Å². The molecule has 1 aromatic carbocycles. The number of hydrogen-bond donors (Lipinski definition) is 0. The molecule has 2 fully saturated rings. The molecule has 0 radical (unpaired) electrons. The summed E-state index contributed by atoms with van der Waals surface area (Å²) in [4.78, 5) is 26.5. The Morgan fingerprint density at radius 2 is 2.00 bits per heavy atom. The molecule has 138 valence electrons. The predicted molar refractivity (Wildman–Crippen MR) is 105 cm³/mol. The van der Waals surface area contributed by atoms with Crippen LogP contribution in [0.1, 0.15) is 29.7 Å². The van der Waals surface area contributed by atoms with Gasteiger partial charge in [-0.3, -0.25) is 4.79 Å². The summed E-state index contributed by atoms with van der Waals surface area (Å²) in [7, 11) is 0. The summed E-state index contributed by atoms with van der Waals surface area (Å²) in [6.45, 7) is 5.15. The van der Waals surface area contributed by atoms with Crippen molar-refractivity contribution in [3.63, 3.8) is 0 Å². The average Bonchev–Trinajstić information content (AvgIpc) is 3.37. The Morgan fingerprint density at radius 3 is 2.89 bits per heavy atom. The van der Waals surface area contributed by atoms with Gasteiger partial charge >= 0.3 is 0 Å². The zero-order valence-corrected chi connectivity index (χ0v) is 15.7. The Kier molecular flexibility index (Phi) is 3.78. The van der Waals surface area contributed by atoms with Gasteiger partial charge in [0.25, 0.3) is 0 Å². The van der Waals surface area contributed by atoms with E-state index in [1.54, 1.807) is 6.20 Å². The zero-order chi connectivity index (χ0) is 18.4. The van der Waals surface area contributed by atoms with Gasteiger partial charge in [0.05, 0.1) is 5.41 Å². The molecule has 27 heavy (non-hydrogen) atoms. The lowest BCUT2D eigenvalue weighted by molar-refractivity contribution is -0.134. The van der Waals surface area contributed by atoms with E-state index in [1.807, 2.05) is 13.0 Å². The highest BCUT2D eigenvalue weighted by atomic mass is 16.2. The molecule has 1 aromatic heterocycles. The summed E-state index contributed by atoms with van der Waals surface area (Å²) >= 11 is 0. The van der Waals surface area contributed by atoms with Crippen molar-refractivity contribution in [3.05, 3.63) is 59.4 Å². The van der Waals surface area contributed by atoms with E-state index in [0.29, 0.717) is 5.91 Å². The van der Waals surface area contributed by atoms with Gasteiger partial charge in [-0.15, -0.1) is 0 Å². The third kappa shape index (κ3) is 2.73. The standard InChI is InChI=1S/C22H24N4O/c1-16-8-11-23-21(24-16)26-13-10-22(15-26)9-12-25(20(22)27)14-18-7-6-17-4-2-3-5-19(17)18/h2-5,7-8,11H,6,9-10,12-15H2,1H3. The average molecular weight is 360 g/mol. The van der Waals surface area contributed by atoms with E-state index in [4.69, 9.17) is 0 Å². The Morgan fingerprint density at radius 1 is 1.15 bits per heavy atom. The van der Waals surface area contributed by atoms with Crippen LogP contribution in [0.15, 0.2) is 42.6 Å². The number of rotatable bonds is 3. The summed E-state index contributed by atoms with van der Waals surface area (Å²) < 4.78 is 0. The lowest BCUT2D eigenvalue weighted by atomic mass is 9.85. The minimum absolute atomic E-state index is 0.258. The molecule has 5 heteroatoms. The second-order valence-electron chi connectivity index (χ2n) is 8.02. The fourth-order valence-corrected chi connectivity index (χ4v) is 4.76. The number of aromatic nitrogens is 2. The van der Waals surface area contributed by atoms with E-state index in [0.717, 1.165) is 57.1 Å². The quantitative estimate of drug-likeness (QED) is 0.845. The van der Waals surface area contributed by atoms with Gasteiger partial charge < -0.3 is 9.80 Å². The number of amides is 1. The number of likely N-dealkylation sites (tertiary alicyclic amines) is 1. The van der Waals surface area contributed by atoms with Crippen molar-refractivity contribution in [1.29, 1.82) is 0 Å². The third-order valence-corrected chi connectivity index (χ3v) is 6.31. The number of benzene rings is 1. The summed E-state index contributed by atoms with van der Waals surface area (Å²) in [6.07, 6.45) is 6.90. The first-order chi connectivity index (χ1) is 13.1. The first-order valence-electron chi connectivity index (χ1n) is 9.76. The molecular weight excluding hydrogens is 336 g/mol. The molecule has 2 aromatic rings. The van der Waals surface area contributed by atoms with Crippen molar-refractivity contribution >= 4 is 17.4 Å². The maximum absolute atomic E-state index is 13.3. The van der Waals surface area contributed by atoms with Crippen LogP contribution in [0.4, 0.5) is 5.95 Å². The molecule has 3 aliphatic rings. The number of carbonyl (C=O) groups excluding carboxylic acids is 1. The van der Waals surface area contributed by atoms with Crippen molar-refractivity contribution in [3.8, 4) is 0 Å². The Balaban J connectivity index is 1.31. The van der Waals surface area contributed by atoms with Crippen molar-refractivity contribution in [2.45, 2.75) is 26.2 Å². The van der Waals surface area contributed by atoms with E-state index in [2.05, 4.69) is 50.1 Å². The van der Waals surface area contributed by atoms with Gasteiger partial charge in [-0.2, -0.15) is 0 Å². The topological polar surface area (TPSA) is 49.3 Å². The second kappa shape index (κ2) is 6.19. The molecule has 2 saturated heterocycles. The maximum Gasteiger partial charge on any atom is 0.231 e. The molecule has 3 heterocycles. The molecule has 1 amide bonds. The Bertz CT molecular complexity index is 937. The number of fused-ring (bicyclic) bond motifs is 1. The van der Waals surface area contributed by atoms with Crippen molar-refractivity contribution in [2.75, 3.05) is 31.1 Å². The maximum atomic E-state index is 13.3. The normalized spacial score (nSPS) is 24.0. The molecule has 5 nitrogen and oxygen atoms in total. The second-order valence-corrected chi connectivity index (χ2v) is 8.02. The molecule has 1 spiro atoms. The van der Waals surface area contributed by atoms with E-state index in [1.165, 1.54) is 16.7 Å². The van der Waals surface area contributed by atoms with Crippen LogP contribution >= 0.6 is 0 Å². The smallest absolute Gasteiger partial charge is 0.231 e. The summed E-state index contributed by atoms with van der Waals surface area (Å²) in [5, 5.41) is 0. The van der Waals surface area contributed by atoms with E-state index >= 15 is 0 Å². The molecule has 1 aliphatic carbocycles. The Hall–Kier alpha value is -2.69. The molecule has 0 saturated carbocycles. The van der Waals surface area contributed by atoms with Crippen LogP contribution in [0.5, 0.6) is 0 Å².